The van der Waals surface area contributed by atoms with Gasteiger partial charge in [-0.05, 0) is 53.6 Å². The predicted molar refractivity (Wildman–Crippen MR) is 67.1 cm³/mol. The number of nitrogens with zero attached hydrogens (tertiary/aromatic N) is 2. The van der Waals surface area contributed by atoms with E-state index in [0.717, 1.165) is 6.54 Å². The van der Waals surface area contributed by atoms with Crippen LogP contribution in [0.2, 0.25) is 0 Å². The Bertz CT molecular complexity index is 244. The van der Waals surface area contributed by atoms with Gasteiger partial charge in [0.15, 0.2) is 0 Å². The lowest BCUT2D eigenvalue weighted by molar-refractivity contribution is 0.158. The van der Waals surface area contributed by atoms with Crippen LogP contribution < -0.4 is 5.32 Å². The van der Waals surface area contributed by atoms with Crippen molar-refractivity contribution >= 4 is 0 Å². The first-order valence-corrected chi connectivity index (χ1v) is 6.33. The minimum absolute atomic E-state index is 0.241. The van der Waals surface area contributed by atoms with Crippen molar-refractivity contribution in [3.05, 3.63) is 0 Å². The van der Waals surface area contributed by atoms with Gasteiger partial charge in [0.1, 0.15) is 0 Å². The second-order valence-corrected chi connectivity index (χ2v) is 5.78. The zero-order valence-electron chi connectivity index (χ0n) is 11.1. The third-order valence-electron chi connectivity index (χ3n) is 3.40. The first kappa shape index (κ1) is 13.5. The summed E-state index contributed by atoms with van der Waals surface area (Å²) < 4.78 is 0. The van der Waals surface area contributed by atoms with Crippen molar-refractivity contribution in [3.8, 4) is 6.07 Å². The largest absolute Gasteiger partial charge is 0.312 e. The molecule has 1 rings (SSSR count). The molecule has 0 unspecified atom stereocenters. The molecule has 0 saturated carbocycles. The Morgan fingerprint density at radius 3 is 2.38 bits per heavy atom. The highest BCUT2D eigenvalue weighted by Gasteiger charge is 2.23. The fraction of sp³-hybridized carbons (Fsp3) is 0.923. The molecule has 1 aliphatic heterocycles. The molecule has 0 atom stereocenters. The number of piperidine rings is 1. The lowest BCUT2D eigenvalue weighted by atomic mass is 9.94. The number of hydrogen-bond acceptors (Lipinski definition) is 3. The molecule has 1 fully saturated rings. The molecule has 3 nitrogen and oxygen atoms in total. The maximum absolute atomic E-state index is 8.94. The second kappa shape index (κ2) is 5.65. The van der Waals surface area contributed by atoms with E-state index in [1.807, 2.05) is 13.8 Å². The van der Waals surface area contributed by atoms with Crippen molar-refractivity contribution in [2.45, 2.75) is 52.6 Å². The van der Waals surface area contributed by atoms with Crippen molar-refractivity contribution < 1.29 is 0 Å². The van der Waals surface area contributed by atoms with Crippen molar-refractivity contribution in [2.24, 2.45) is 5.41 Å². The smallest absolute Gasteiger partial charge is 0.0697 e. The SMILES string of the molecule is CC(C)N1CCC(NCC(C)(C)C#N)CC1. The van der Waals surface area contributed by atoms with Crippen molar-refractivity contribution in [1.29, 1.82) is 5.26 Å². The number of likely N-dealkylation sites (tertiary alicyclic amines) is 1. The third-order valence-corrected chi connectivity index (χ3v) is 3.40. The van der Waals surface area contributed by atoms with Crippen molar-refractivity contribution in [2.75, 3.05) is 19.6 Å². The van der Waals surface area contributed by atoms with Crippen LogP contribution in [-0.2, 0) is 0 Å². The van der Waals surface area contributed by atoms with Crippen LogP contribution in [0.3, 0.4) is 0 Å². The molecule has 1 aliphatic rings. The van der Waals surface area contributed by atoms with E-state index in [-0.39, 0.29) is 5.41 Å². The summed E-state index contributed by atoms with van der Waals surface area (Å²) in [7, 11) is 0. The van der Waals surface area contributed by atoms with Gasteiger partial charge in [-0.1, -0.05) is 0 Å². The summed E-state index contributed by atoms with van der Waals surface area (Å²) in [5.74, 6) is 0. The van der Waals surface area contributed by atoms with Crippen LogP contribution in [0.5, 0.6) is 0 Å². The van der Waals surface area contributed by atoms with Crippen LogP contribution in [0.25, 0.3) is 0 Å². The molecule has 0 aromatic rings. The molecule has 0 aromatic carbocycles. The predicted octanol–water partition coefficient (Wildman–Crippen LogP) is 2.00. The molecule has 0 radical (unpaired) electrons. The Labute approximate surface area is 99.8 Å². The summed E-state index contributed by atoms with van der Waals surface area (Å²) in [6.45, 7) is 11.7. The Morgan fingerprint density at radius 1 is 1.38 bits per heavy atom. The maximum Gasteiger partial charge on any atom is 0.0697 e. The van der Waals surface area contributed by atoms with E-state index in [0.29, 0.717) is 12.1 Å². The average Bonchev–Trinajstić information content (AvgIpc) is 2.27. The summed E-state index contributed by atoms with van der Waals surface area (Å²) in [6, 6.07) is 3.60. The van der Waals surface area contributed by atoms with E-state index >= 15 is 0 Å². The van der Waals surface area contributed by atoms with E-state index in [1.165, 1.54) is 25.9 Å². The fourth-order valence-electron chi connectivity index (χ4n) is 2.06. The summed E-state index contributed by atoms with van der Waals surface area (Å²) >= 11 is 0. The molecule has 0 bridgehead atoms. The Balaban J connectivity index is 2.26. The van der Waals surface area contributed by atoms with Crippen LogP contribution in [0, 0.1) is 16.7 Å². The number of hydrogen-bond donors (Lipinski definition) is 1. The van der Waals surface area contributed by atoms with E-state index < -0.39 is 0 Å². The second-order valence-electron chi connectivity index (χ2n) is 5.78. The molecule has 0 spiro atoms. The van der Waals surface area contributed by atoms with Gasteiger partial charge in [-0.2, -0.15) is 5.26 Å². The molecule has 3 heteroatoms. The van der Waals surface area contributed by atoms with E-state index in [4.69, 9.17) is 5.26 Å². The minimum Gasteiger partial charge on any atom is -0.312 e. The number of nitriles is 1. The molecule has 92 valence electrons. The molecule has 16 heavy (non-hydrogen) atoms. The zero-order valence-corrected chi connectivity index (χ0v) is 11.1. The molecular weight excluding hydrogens is 198 g/mol. The minimum atomic E-state index is -0.241. The van der Waals surface area contributed by atoms with Crippen molar-refractivity contribution in [1.82, 2.24) is 10.2 Å². The topological polar surface area (TPSA) is 39.1 Å². The van der Waals surface area contributed by atoms with Gasteiger partial charge >= 0.3 is 0 Å². The molecular formula is C13H25N3. The van der Waals surface area contributed by atoms with E-state index in [1.54, 1.807) is 0 Å². The Morgan fingerprint density at radius 2 is 1.94 bits per heavy atom. The molecule has 0 aliphatic carbocycles. The van der Waals surface area contributed by atoms with Crippen LogP contribution in [0.15, 0.2) is 0 Å². The maximum atomic E-state index is 8.94. The van der Waals surface area contributed by atoms with Crippen molar-refractivity contribution in [3.63, 3.8) is 0 Å². The van der Waals surface area contributed by atoms with Gasteiger partial charge in [-0.3, -0.25) is 0 Å². The standard InChI is InChI=1S/C13H25N3/c1-11(2)16-7-5-12(6-8-16)15-10-13(3,4)9-14/h11-12,15H,5-8,10H2,1-4H3. The normalized spacial score (nSPS) is 20.0. The summed E-state index contributed by atoms with van der Waals surface area (Å²) in [6.07, 6.45) is 2.42. The van der Waals surface area contributed by atoms with Gasteiger partial charge in [0.05, 0.1) is 11.5 Å². The highest BCUT2D eigenvalue weighted by molar-refractivity contribution is 4.94. The van der Waals surface area contributed by atoms with Gasteiger partial charge in [-0.15, -0.1) is 0 Å². The molecule has 0 aromatic heterocycles. The first-order valence-electron chi connectivity index (χ1n) is 6.33. The van der Waals surface area contributed by atoms with Crippen LogP contribution in [0.1, 0.15) is 40.5 Å². The van der Waals surface area contributed by atoms with Gasteiger partial charge < -0.3 is 10.2 Å². The first-order chi connectivity index (χ1) is 7.44. The highest BCUT2D eigenvalue weighted by Crippen LogP contribution is 2.16. The van der Waals surface area contributed by atoms with Crippen LogP contribution in [0.4, 0.5) is 0 Å². The fourth-order valence-corrected chi connectivity index (χ4v) is 2.06. The molecule has 1 heterocycles. The Kier molecular flexibility index (Phi) is 4.76. The van der Waals surface area contributed by atoms with Gasteiger partial charge in [0, 0.05) is 18.6 Å². The van der Waals surface area contributed by atoms with Gasteiger partial charge in [0.25, 0.3) is 0 Å². The Hall–Kier alpha value is -0.590. The number of nitrogens with one attached hydrogen (secondary N) is 1. The summed E-state index contributed by atoms with van der Waals surface area (Å²) in [5.41, 5.74) is -0.241. The summed E-state index contributed by atoms with van der Waals surface area (Å²) in [5, 5.41) is 12.5. The quantitative estimate of drug-likeness (QED) is 0.792. The van der Waals surface area contributed by atoms with E-state index in [2.05, 4.69) is 30.1 Å². The average molecular weight is 223 g/mol. The lowest BCUT2D eigenvalue weighted by Gasteiger charge is -2.35. The van der Waals surface area contributed by atoms with Crippen LogP contribution >= 0.6 is 0 Å². The van der Waals surface area contributed by atoms with Gasteiger partial charge in [0.2, 0.25) is 0 Å². The third kappa shape index (κ3) is 4.11. The number of rotatable bonds is 4. The monoisotopic (exact) mass is 223 g/mol. The van der Waals surface area contributed by atoms with E-state index in [9.17, 15) is 0 Å². The zero-order chi connectivity index (χ0) is 12.2. The summed E-state index contributed by atoms with van der Waals surface area (Å²) in [4.78, 5) is 2.52. The van der Waals surface area contributed by atoms with Gasteiger partial charge in [-0.25, -0.2) is 0 Å². The molecule has 1 saturated heterocycles. The van der Waals surface area contributed by atoms with Crippen LogP contribution in [-0.4, -0.2) is 36.6 Å². The molecule has 0 amide bonds. The lowest BCUT2D eigenvalue weighted by Crippen LogP contribution is -2.46. The molecule has 1 N–H and O–H groups in total. The highest BCUT2D eigenvalue weighted by atomic mass is 15.2.